The third-order valence-electron chi connectivity index (χ3n) is 9.30. The third kappa shape index (κ3) is 0.535. The highest BCUT2D eigenvalue weighted by Crippen LogP contribution is 2.91. The van der Waals surface area contributed by atoms with E-state index in [1.54, 1.807) is 12.8 Å². The lowest BCUT2D eigenvalue weighted by Gasteiger charge is -2.93. The Morgan fingerprint density at radius 3 is 1.94 bits per heavy atom. The molecule has 7 rings (SSSR count). The van der Waals surface area contributed by atoms with Gasteiger partial charge in [0.15, 0.2) is 0 Å². The van der Waals surface area contributed by atoms with Crippen LogP contribution in [0.4, 0.5) is 0 Å². The Morgan fingerprint density at radius 1 is 0.706 bits per heavy atom. The Balaban J connectivity index is 1.27. The van der Waals surface area contributed by atoms with Crippen LogP contribution in [-0.2, 0) is 0 Å². The highest BCUT2D eigenvalue weighted by Gasteiger charge is 2.88. The van der Waals surface area contributed by atoms with Crippen molar-refractivity contribution >= 4 is 12.6 Å². The van der Waals surface area contributed by atoms with Crippen LogP contribution in [0, 0.1) is 65.1 Å². The van der Waals surface area contributed by atoms with Crippen LogP contribution in [0.25, 0.3) is 0 Å². The Labute approximate surface area is 108 Å². The van der Waals surface area contributed by atoms with Crippen molar-refractivity contribution in [2.75, 3.05) is 0 Å². The van der Waals surface area contributed by atoms with Gasteiger partial charge in [0, 0.05) is 4.75 Å². The van der Waals surface area contributed by atoms with Crippen molar-refractivity contribution in [3.63, 3.8) is 0 Å². The Bertz CT molecular complexity index is 466. The fraction of sp³-hybridized carbons (Fsp3) is 1.00. The van der Waals surface area contributed by atoms with Gasteiger partial charge in [0.05, 0.1) is 0 Å². The van der Waals surface area contributed by atoms with Gasteiger partial charge in [0.2, 0.25) is 0 Å². The molecule has 7 fully saturated rings. The Kier molecular flexibility index (Phi) is 1.03. The zero-order valence-corrected chi connectivity index (χ0v) is 11.0. The van der Waals surface area contributed by atoms with E-state index in [1.165, 1.54) is 66.1 Å². The fourth-order valence-corrected chi connectivity index (χ4v) is 9.51. The van der Waals surface area contributed by atoms with E-state index in [0.29, 0.717) is 4.75 Å². The SMILES string of the molecule is SC12CCC1C1C3C4C5C6CCC6C5C4C3C12. The van der Waals surface area contributed by atoms with Crippen molar-refractivity contribution in [1.29, 1.82) is 0 Å². The molecule has 0 aliphatic heterocycles. The van der Waals surface area contributed by atoms with Crippen LogP contribution in [0.5, 0.6) is 0 Å². The van der Waals surface area contributed by atoms with Gasteiger partial charge in [-0.25, -0.2) is 0 Å². The largest absolute Gasteiger partial charge is 0.172 e. The van der Waals surface area contributed by atoms with Crippen molar-refractivity contribution in [1.82, 2.24) is 0 Å². The lowest BCUT2D eigenvalue weighted by molar-refractivity contribution is -0.434. The second-order valence-electron chi connectivity index (χ2n) is 8.61. The van der Waals surface area contributed by atoms with Crippen molar-refractivity contribution < 1.29 is 0 Å². The van der Waals surface area contributed by atoms with E-state index >= 15 is 0 Å². The number of hydrogen-bond donors (Lipinski definition) is 1. The number of hydrogen-bond acceptors (Lipinski definition) is 1. The molecular formula is C16H20S. The predicted octanol–water partition coefficient (Wildman–Crippen LogP) is 3.09. The normalized spacial score (nSPS) is 87.0. The second kappa shape index (κ2) is 2.05. The van der Waals surface area contributed by atoms with E-state index in [4.69, 9.17) is 12.6 Å². The van der Waals surface area contributed by atoms with Gasteiger partial charge in [-0.2, -0.15) is 12.6 Å². The average molecular weight is 244 g/mol. The van der Waals surface area contributed by atoms with E-state index in [1.807, 2.05) is 0 Å². The maximum absolute atomic E-state index is 5.08. The van der Waals surface area contributed by atoms with Gasteiger partial charge in [-0.3, -0.25) is 0 Å². The molecule has 90 valence electrons. The minimum atomic E-state index is 0.574. The molecule has 17 heavy (non-hydrogen) atoms. The first-order valence-electron chi connectivity index (χ1n) is 8.05. The van der Waals surface area contributed by atoms with Crippen LogP contribution in [0.3, 0.4) is 0 Å². The standard InChI is InChI=1S/C16H20S/c17-16-4-3-7(16)10-13-11-8-5-1-2-6(5)9(8)12(11)14(13)15(10)16/h5-15,17H,1-4H2. The van der Waals surface area contributed by atoms with E-state index in [0.717, 1.165) is 11.8 Å². The fourth-order valence-electron chi connectivity index (χ4n) is 8.73. The predicted molar refractivity (Wildman–Crippen MR) is 68.6 cm³/mol. The molecule has 7 aliphatic carbocycles. The lowest BCUT2D eigenvalue weighted by atomic mass is 9.13. The molecule has 0 saturated heterocycles. The zero-order chi connectivity index (χ0) is 10.7. The summed E-state index contributed by atoms with van der Waals surface area (Å²) >= 11 is 5.08. The van der Waals surface area contributed by atoms with Gasteiger partial charge < -0.3 is 0 Å². The van der Waals surface area contributed by atoms with E-state index < -0.39 is 0 Å². The summed E-state index contributed by atoms with van der Waals surface area (Å²) in [5.74, 6) is 13.3. The molecule has 0 heterocycles. The zero-order valence-electron chi connectivity index (χ0n) is 10.1. The molecule has 0 aromatic rings. The summed E-state index contributed by atoms with van der Waals surface area (Å²) in [5.41, 5.74) is 0. The van der Waals surface area contributed by atoms with Gasteiger partial charge in [-0.05, 0) is 90.8 Å². The molecule has 12 atom stereocenters. The molecule has 7 saturated carbocycles. The summed E-state index contributed by atoms with van der Waals surface area (Å²) in [6, 6.07) is 0. The van der Waals surface area contributed by atoms with Gasteiger partial charge in [0.25, 0.3) is 0 Å². The van der Waals surface area contributed by atoms with Crippen molar-refractivity contribution in [2.24, 2.45) is 65.1 Å². The summed E-state index contributed by atoms with van der Waals surface area (Å²) in [6.45, 7) is 0. The van der Waals surface area contributed by atoms with Crippen LogP contribution >= 0.6 is 12.6 Å². The second-order valence-corrected chi connectivity index (χ2v) is 9.44. The highest BCUT2D eigenvalue weighted by molar-refractivity contribution is 7.82. The van der Waals surface area contributed by atoms with Crippen molar-refractivity contribution in [3.8, 4) is 0 Å². The maximum Gasteiger partial charge on any atom is 0.0195 e. The molecule has 0 amide bonds. The molecule has 0 N–H and O–H groups in total. The first-order valence-corrected chi connectivity index (χ1v) is 8.49. The van der Waals surface area contributed by atoms with Gasteiger partial charge in [-0.1, -0.05) is 0 Å². The number of fused-ring (bicyclic) bond motifs is 16. The molecule has 1 heteroatoms. The van der Waals surface area contributed by atoms with Crippen molar-refractivity contribution in [2.45, 2.75) is 30.4 Å². The summed E-state index contributed by atoms with van der Waals surface area (Å²) < 4.78 is 0.574. The van der Waals surface area contributed by atoms with Crippen LogP contribution in [0.1, 0.15) is 25.7 Å². The topological polar surface area (TPSA) is 0 Å². The van der Waals surface area contributed by atoms with E-state index in [-0.39, 0.29) is 0 Å². The summed E-state index contributed by atoms with van der Waals surface area (Å²) in [7, 11) is 0. The van der Waals surface area contributed by atoms with Crippen LogP contribution in [0.2, 0.25) is 0 Å². The van der Waals surface area contributed by atoms with Crippen LogP contribution < -0.4 is 0 Å². The molecule has 0 nitrogen and oxygen atoms in total. The van der Waals surface area contributed by atoms with Gasteiger partial charge in [0.1, 0.15) is 0 Å². The van der Waals surface area contributed by atoms with Crippen LogP contribution in [-0.4, -0.2) is 4.75 Å². The molecule has 0 bridgehead atoms. The van der Waals surface area contributed by atoms with Gasteiger partial charge >= 0.3 is 0 Å². The Hall–Kier alpha value is 0.350. The number of rotatable bonds is 0. The lowest BCUT2D eigenvalue weighted by Crippen LogP contribution is -2.90. The smallest absolute Gasteiger partial charge is 0.0195 e. The van der Waals surface area contributed by atoms with E-state index in [2.05, 4.69) is 0 Å². The van der Waals surface area contributed by atoms with Crippen LogP contribution in [0.15, 0.2) is 0 Å². The summed E-state index contributed by atoms with van der Waals surface area (Å²) in [5, 5.41) is 0. The molecule has 7 aliphatic rings. The third-order valence-corrected chi connectivity index (χ3v) is 10.2. The summed E-state index contributed by atoms with van der Waals surface area (Å²) in [6.07, 6.45) is 6.21. The average Bonchev–Trinajstić information content (AvgIpc) is 2.25. The van der Waals surface area contributed by atoms with Crippen molar-refractivity contribution in [3.05, 3.63) is 0 Å². The van der Waals surface area contributed by atoms with E-state index in [9.17, 15) is 0 Å². The summed E-state index contributed by atoms with van der Waals surface area (Å²) in [4.78, 5) is 0. The molecule has 0 radical (unpaired) electrons. The molecule has 0 aromatic carbocycles. The highest BCUT2D eigenvalue weighted by atomic mass is 32.1. The molecule has 12 unspecified atom stereocenters. The first-order chi connectivity index (χ1) is 8.32. The first kappa shape index (κ1) is 8.51. The maximum atomic E-state index is 5.08. The Morgan fingerprint density at radius 2 is 1.35 bits per heavy atom. The van der Waals surface area contributed by atoms with Gasteiger partial charge in [-0.15, -0.1) is 0 Å². The molecule has 0 aromatic heterocycles. The monoisotopic (exact) mass is 244 g/mol. The molecule has 0 spiro atoms. The molecular weight excluding hydrogens is 224 g/mol. The quantitative estimate of drug-likeness (QED) is 0.491. The minimum absolute atomic E-state index is 0.574. The number of thiol groups is 1. The minimum Gasteiger partial charge on any atom is -0.172 e.